The fraction of sp³-hybridized carbons (Fsp3) is 0.458. The Morgan fingerprint density at radius 3 is 2.32 bits per heavy atom. The quantitative estimate of drug-likeness (QED) is 0.488. The first-order chi connectivity index (χ1) is 16.2. The van der Waals surface area contributed by atoms with Crippen LogP contribution in [0.25, 0.3) is 0 Å². The number of amides is 1. The monoisotopic (exact) mass is 528 g/mol. The van der Waals surface area contributed by atoms with Gasteiger partial charge < -0.3 is 25.0 Å². The van der Waals surface area contributed by atoms with Gasteiger partial charge in [0.05, 0.1) is 24.9 Å². The third kappa shape index (κ3) is 6.62. The van der Waals surface area contributed by atoms with Crippen LogP contribution in [-0.4, -0.2) is 56.7 Å². The van der Waals surface area contributed by atoms with Crippen LogP contribution in [0.5, 0.6) is 0 Å². The molecule has 2 aromatic rings. The highest BCUT2D eigenvalue weighted by molar-refractivity contribution is 6.76. The summed E-state index contributed by atoms with van der Waals surface area (Å²) in [6.45, 7) is 2.15. The summed E-state index contributed by atoms with van der Waals surface area (Å²) >= 11 is 16.9. The SMILES string of the molecule is O=C(Nc1ccc(C2OC(CN3CCC(O)C3)CC(c3ccc(CO)cc3)O2)cc1)C(Cl)(Cl)Cl. The molecule has 2 aromatic carbocycles. The number of carbonyl (C=O) groups is 1. The molecule has 4 rings (SSSR count). The fourth-order valence-corrected chi connectivity index (χ4v) is 4.37. The summed E-state index contributed by atoms with van der Waals surface area (Å²) < 4.78 is 10.6. The lowest BCUT2D eigenvalue weighted by atomic mass is 9.99. The number of aliphatic hydroxyl groups excluding tert-OH is 2. The zero-order valence-electron chi connectivity index (χ0n) is 18.4. The first-order valence-electron chi connectivity index (χ1n) is 11.1. The zero-order valence-corrected chi connectivity index (χ0v) is 20.6. The number of halogens is 3. The Kier molecular flexibility index (Phi) is 8.38. The molecule has 2 fully saturated rings. The topological polar surface area (TPSA) is 91.3 Å². The minimum atomic E-state index is -2.05. The minimum absolute atomic E-state index is 0.0153. The summed E-state index contributed by atoms with van der Waals surface area (Å²) in [5.74, 6) is -0.741. The second kappa shape index (κ2) is 11.1. The van der Waals surface area contributed by atoms with E-state index in [0.29, 0.717) is 25.2 Å². The van der Waals surface area contributed by atoms with Crippen molar-refractivity contribution in [3.8, 4) is 0 Å². The summed E-state index contributed by atoms with van der Waals surface area (Å²) in [7, 11) is 0. The molecule has 184 valence electrons. The number of carbonyl (C=O) groups excluding carboxylic acids is 1. The van der Waals surface area contributed by atoms with E-state index in [4.69, 9.17) is 44.3 Å². The number of benzene rings is 2. The molecule has 2 heterocycles. The lowest BCUT2D eigenvalue weighted by molar-refractivity contribution is -0.252. The standard InChI is InChI=1S/C24H27Cl3N2O5/c25-24(26,27)23(32)28-18-7-5-17(6-8-18)22-33-20(13-29-10-9-19(31)12-29)11-21(34-22)16-3-1-15(14-30)2-4-16/h1-8,19-22,30-31H,9-14H2,(H,28,32). The molecule has 0 radical (unpaired) electrons. The second-order valence-electron chi connectivity index (χ2n) is 8.63. The predicted molar refractivity (Wildman–Crippen MR) is 131 cm³/mol. The summed E-state index contributed by atoms with van der Waals surface area (Å²) in [5, 5.41) is 21.8. The van der Waals surface area contributed by atoms with E-state index in [1.54, 1.807) is 24.3 Å². The van der Waals surface area contributed by atoms with Crippen molar-refractivity contribution in [3.63, 3.8) is 0 Å². The number of anilines is 1. The van der Waals surface area contributed by atoms with Crippen LogP contribution in [-0.2, 0) is 20.9 Å². The molecule has 7 nitrogen and oxygen atoms in total. The Morgan fingerprint density at radius 2 is 1.74 bits per heavy atom. The van der Waals surface area contributed by atoms with Gasteiger partial charge in [0.15, 0.2) is 6.29 Å². The Morgan fingerprint density at radius 1 is 1.06 bits per heavy atom. The zero-order chi connectivity index (χ0) is 24.3. The molecule has 2 saturated heterocycles. The number of likely N-dealkylation sites (tertiary alicyclic amines) is 1. The molecule has 4 atom stereocenters. The van der Waals surface area contributed by atoms with E-state index >= 15 is 0 Å². The average Bonchev–Trinajstić information content (AvgIpc) is 3.23. The maximum absolute atomic E-state index is 11.9. The fourth-order valence-electron chi connectivity index (χ4n) is 4.22. The van der Waals surface area contributed by atoms with Crippen molar-refractivity contribution in [2.24, 2.45) is 0 Å². The predicted octanol–water partition coefficient (Wildman–Crippen LogP) is 4.10. The summed E-state index contributed by atoms with van der Waals surface area (Å²) in [4.78, 5) is 14.1. The summed E-state index contributed by atoms with van der Waals surface area (Å²) in [6.07, 6.45) is 0.210. The average molecular weight is 530 g/mol. The number of hydrogen-bond donors (Lipinski definition) is 3. The van der Waals surface area contributed by atoms with Crippen LogP contribution < -0.4 is 5.32 Å². The molecule has 3 N–H and O–H groups in total. The Bertz CT molecular complexity index is 968. The van der Waals surface area contributed by atoms with Gasteiger partial charge in [0.1, 0.15) is 0 Å². The maximum atomic E-state index is 11.9. The van der Waals surface area contributed by atoms with Crippen molar-refractivity contribution >= 4 is 46.4 Å². The normalized spacial score (nSPS) is 25.9. The molecular weight excluding hydrogens is 503 g/mol. The van der Waals surface area contributed by atoms with E-state index in [1.165, 1.54) is 0 Å². The van der Waals surface area contributed by atoms with E-state index in [1.807, 2.05) is 24.3 Å². The van der Waals surface area contributed by atoms with Gasteiger partial charge in [-0.25, -0.2) is 0 Å². The van der Waals surface area contributed by atoms with Crippen molar-refractivity contribution in [2.75, 3.05) is 25.0 Å². The van der Waals surface area contributed by atoms with Crippen LogP contribution in [0.4, 0.5) is 5.69 Å². The van der Waals surface area contributed by atoms with Gasteiger partial charge in [-0.1, -0.05) is 71.2 Å². The number of rotatable bonds is 6. The van der Waals surface area contributed by atoms with Crippen LogP contribution in [0.2, 0.25) is 0 Å². The molecule has 0 aliphatic carbocycles. The Hall–Kier alpha value is -1.42. The van der Waals surface area contributed by atoms with Crippen molar-refractivity contribution in [1.29, 1.82) is 0 Å². The van der Waals surface area contributed by atoms with Crippen LogP contribution in [0.3, 0.4) is 0 Å². The highest BCUT2D eigenvalue weighted by atomic mass is 35.6. The molecule has 2 aliphatic rings. The summed E-state index contributed by atoms with van der Waals surface area (Å²) in [6, 6.07) is 14.7. The molecule has 1 amide bonds. The number of nitrogens with one attached hydrogen (secondary N) is 1. The third-order valence-corrected chi connectivity index (χ3v) is 6.54. The first-order valence-corrected chi connectivity index (χ1v) is 12.2. The largest absolute Gasteiger partial charge is 0.392 e. The van der Waals surface area contributed by atoms with Crippen molar-refractivity contribution in [2.45, 2.75) is 47.8 Å². The molecule has 2 aliphatic heterocycles. The highest BCUT2D eigenvalue weighted by Gasteiger charge is 2.35. The van der Waals surface area contributed by atoms with Crippen molar-refractivity contribution < 1.29 is 24.5 Å². The van der Waals surface area contributed by atoms with Gasteiger partial charge in [-0.15, -0.1) is 0 Å². The first kappa shape index (κ1) is 25.7. The van der Waals surface area contributed by atoms with Gasteiger partial charge in [-0.3, -0.25) is 9.69 Å². The van der Waals surface area contributed by atoms with Crippen molar-refractivity contribution in [3.05, 3.63) is 65.2 Å². The summed E-state index contributed by atoms with van der Waals surface area (Å²) in [5.41, 5.74) is 3.11. The van der Waals surface area contributed by atoms with Gasteiger partial charge in [-0.2, -0.15) is 0 Å². The molecule has 10 heteroatoms. The minimum Gasteiger partial charge on any atom is -0.392 e. The van der Waals surface area contributed by atoms with E-state index in [2.05, 4.69) is 10.2 Å². The molecular formula is C24H27Cl3N2O5. The molecule has 0 saturated carbocycles. The molecule has 4 unspecified atom stereocenters. The van der Waals surface area contributed by atoms with Crippen molar-refractivity contribution in [1.82, 2.24) is 4.90 Å². The smallest absolute Gasteiger partial charge is 0.276 e. The van der Waals surface area contributed by atoms with E-state index in [-0.39, 0.29) is 24.9 Å². The third-order valence-electron chi connectivity index (χ3n) is 6.02. The lowest BCUT2D eigenvalue weighted by Crippen LogP contribution is -2.38. The number of β-amino-alcohol motifs (C(OH)–C–C–N with tert-alkyl or cyclic N) is 1. The Balaban J connectivity index is 1.50. The van der Waals surface area contributed by atoms with Gasteiger partial charge in [0.25, 0.3) is 9.70 Å². The highest BCUT2D eigenvalue weighted by Crippen LogP contribution is 2.38. The Labute approximate surface area is 213 Å². The number of alkyl halides is 3. The van der Waals surface area contributed by atoms with Gasteiger partial charge in [0.2, 0.25) is 0 Å². The van der Waals surface area contributed by atoms with E-state index in [9.17, 15) is 15.0 Å². The molecule has 34 heavy (non-hydrogen) atoms. The maximum Gasteiger partial charge on any atom is 0.276 e. The van der Waals surface area contributed by atoms with Gasteiger partial charge >= 0.3 is 0 Å². The number of aliphatic hydroxyl groups is 2. The van der Waals surface area contributed by atoms with Crippen LogP contribution in [0.1, 0.15) is 41.9 Å². The number of hydrogen-bond acceptors (Lipinski definition) is 6. The number of ether oxygens (including phenoxy) is 2. The van der Waals surface area contributed by atoms with Crippen LogP contribution in [0.15, 0.2) is 48.5 Å². The molecule has 0 bridgehead atoms. The van der Waals surface area contributed by atoms with Crippen LogP contribution >= 0.6 is 34.8 Å². The van der Waals surface area contributed by atoms with Gasteiger partial charge in [0, 0.05) is 37.3 Å². The molecule has 0 spiro atoms. The van der Waals surface area contributed by atoms with Crippen LogP contribution in [0, 0.1) is 0 Å². The second-order valence-corrected chi connectivity index (χ2v) is 10.9. The van der Waals surface area contributed by atoms with Gasteiger partial charge in [-0.05, 0) is 29.7 Å². The van der Waals surface area contributed by atoms with E-state index < -0.39 is 16.0 Å². The molecule has 0 aromatic heterocycles. The lowest BCUT2D eigenvalue weighted by Gasteiger charge is -2.37. The number of nitrogens with zero attached hydrogens (tertiary/aromatic N) is 1. The van der Waals surface area contributed by atoms with E-state index in [0.717, 1.165) is 29.7 Å².